The molecule has 0 bridgehead atoms. The number of rotatable bonds is 6. The van der Waals surface area contributed by atoms with E-state index in [1.165, 1.54) is 6.07 Å². The quantitative estimate of drug-likeness (QED) is 0.850. The van der Waals surface area contributed by atoms with Gasteiger partial charge in [0.1, 0.15) is 4.21 Å². The Morgan fingerprint density at radius 2 is 2.20 bits per heavy atom. The summed E-state index contributed by atoms with van der Waals surface area (Å²) in [7, 11) is -1.72. The zero-order valence-corrected chi connectivity index (χ0v) is 13.2. The smallest absolute Gasteiger partial charge is 0.250 e. The van der Waals surface area contributed by atoms with Gasteiger partial charge in [-0.3, -0.25) is 0 Å². The molecular formula is C12H15ClN2O3S2. The number of aliphatic hydroxyl groups is 1. The maximum absolute atomic E-state index is 11.9. The van der Waals surface area contributed by atoms with Crippen LogP contribution in [0, 0.1) is 0 Å². The molecule has 0 aliphatic rings. The third-order valence-electron chi connectivity index (χ3n) is 2.85. The Kier molecular flexibility index (Phi) is 4.87. The number of thiophene rings is 1. The second kappa shape index (κ2) is 6.28. The molecule has 0 radical (unpaired) electrons. The van der Waals surface area contributed by atoms with E-state index in [9.17, 15) is 13.5 Å². The number of nitrogens with one attached hydrogen (secondary N) is 1. The van der Waals surface area contributed by atoms with E-state index in [4.69, 9.17) is 11.6 Å². The third-order valence-corrected chi connectivity index (χ3v) is 6.03. The van der Waals surface area contributed by atoms with Crippen molar-refractivity contribution in [1.29, 1.82) is 0 Å². The third kappa shape index (κ3) is 3.62. The molecule has 2 heterocycles. The Balaban J connectivity index is 1.91. The van der Waals surface area contributed by atoms with Gasteiger partial charge in [0, 0.05) is 25.5 Å². The Morgan fingerprint density at radius 1 is 1.45 bits per heavy atom. The molecule has 2 rings (SSSR count). The van der Waals surface area contributed by atoms with Gasteiger partial charge < -0.3 is 9.67 Å². The zero-order valence-electron chi connectivity index (χ0n) is 10.8. The van der Waals surface area contributed by atoms with Gasteiger partial charge in [-0.15, -0.1) is 11.3 Å². The van der Waals surface area contributed by atoms with Crippen LogP contribution >= 0.6 is 22.9 Å². The van der Waals surface area contributed by atoms with Gasteiger partial charge in [-0.25, -0.2) is 13.1 Å². The molecule has 5 nitrogen and oxygen atoms in total. The van der Waals surface area contributed by atoms with Crippen molar-refractivity contribution in [3.05, 3.63) is 40.5 Å². The van der Waals surface area contributed by atoms with Gasteiger partial charge in [-0.1, -0.05) is 11.6 Å². The molecule has 0 saturated heterocycles. The lowest BCUT2D eigenvalue weighted by Gasteiger charge is -2.12. The SMILES string of the molecule is Cn1cccc1C(O)CCNS(=O)(=O)c1ccc(Cl)s1. The number of nitrogens with zero attached hydrogens (tertiary/aromatic N) is 1. The molecule has 2 aromatic heterocycles. The number of aryl methyl sites for hydroxylation is 1. The van der Waals surface area contributed by atoms with E-state index in [1.54, 1.807) is 16.7 Å². The van der Waals surface area contributed by atoms with Crippen LogP contribution < -0.4 is 4.72 Å². The number of hydrogen-bond donors (Lipinski definition) is 2. The lowest BCUT2D eigenvalue weighted by molar-refractivity contribution is 0.161. The van der Waals surface area contributed by atoms with E-state index >= 15 is 0 Å². The standard InChI is InChI=1S/C12H15ClN2O3S2/c1-15-8-2-3-9(15)10(16)6-7-14-20(17,18)12-5-4-11(13)19-12/h2-5,8,10,14,16H,6-7H2,1H3. The predicted octanol–water partition coefficient (Wildman–Crippen LogP) is 2.14. The number of aromatic nitrogens is 1. The Labute approximate surface area is 126 Å². The topological polar surface area (TPSA) is 71.3 Å². The number of sulfonamides is 1. The molecule has 0 fully saturated rings. The highest BCUT2D eigenvalue weighted by Gasteiger charge is 2.17. The summed E-state index contributed by atoms with van der Waals surface area (Å²) in [5, 5.41) is 9.99. The molecule has 2 N–H and O–H groups in total. The highest BCUT2D eigenvalue weighted by molar-refractivity contribution is 7.91. The van der Waals surface area contributed by atoms with Gasteiger partial charge in [0.05, 0.1) is 10.4 Å². The minimum absolute atomic E-state index is 0.157. The van der Waals surface area contributed by atoms with Gasteiger partial charge in [-0.2, -0.15) is 0 Å². The van der Waals surface area contributed by atoms with Crippen molar-refractivity contribution in [2.45, 2.75) is 16.7 Å². The molecule has 1 atom stereocenters. The molecule has 1 unspecified atom stereocenters. The maximum Gasteiger partial charge on any atom is 0.250 e. The number of aliphatic hydroxyl groups excluding tert-OH is 1. The average molecular weight is 335 g/mol. The first kappa shape index (κ1) is 15.5. The van der Waals surface area contributed by atoms with Gasteiger partial charge >= 0.3 is 0 Å². The van der Waals surface area contributed by atoms with Crippen LogP contribution in [0.25, 0.3) is 0 Å². The number of hydrogen-bond acceptors (Lipinski definition) is 4. The van der Waals surface area contributed by atoms with Gasteiger partial charge in [0.25, 0.3) is 0 Å². The Morgan fingerprint density at radius 3 is 2.75 bits per heavy atom. The molecule has 0 saturated carbocycles. The average Bonchev–Trinajstić information content (AvgIpc) is 2.98. The summed E-state index contributed by atoms with van der Waals surface area (Å²) >= 11 is 6.72. The lowest BCUT2D eigenvalue weighted by Crippen LogP contribution is -2.25. The molecule has 0 amide bonds. The first-order valence-electron chi connectivity index (χ1n) is 5.94. The van der Waals surface area contributed by atoms with E-state index in [1.807, 2.05) is 19.3 Å². The molecule has 110 valence electrons. The second-order valence-electron chi connectivity index (χ2n) is 4.30. The van der Waals surface area contributed by atoms with Gasteiger partial charge in [-0.05, 0) is 30.7 Å². The fraction of sp³-hybridized carbons (Fsp3) is 0.333. The largest absolute Gasteiger partial charge is 0.387 e. The molecule has 0 spiro atoms. The predicted molar refractivity (Wildman–Crippen MR) is 79.5 cm³/mol. The molecule has 0 aromatic carbocycles. The summed E-state index contributed by atoms with van der Waals surface area (Å²) in [5.41, 5.74) is 0.753. The highest BCUT2D eigenvalue weighted by Crippen LogP contribution is 2.25. The van der Waals surface area contributed by atoms with Crippen molar-refractivity contribution in [1.82, 2.24) is 9.29 Å². The first-order chi connectivity index (χ1) is 9.40. The fourth-order valence-corrected chi connectivity index (χ4v) is 4.39. The summed E-state index contributed by atoms with van der Waals surface area (Å²) in [6.45, 7) is 0.157. The van der Waals surface area contributed by atoms with Crippen molar-refractivity contribution in [3.8, 4) is 0 Å². The van der Waals surface area contributed by atoms with E-state index < -0.39 is 16.1 Å². The summed E-state index contributed by atoms with van der Waals surface area (Å²) in [5.74, 6) is 0. The first-order valence-corrected chi connectivity index (χ1v) is 8.62. The van der Waals surface area contributed by atoms with Gasteiger partial charge in [0.15, 0.2) is 0 Å². The van der Waals surface area contributed by atoms with Crippen LogP contribution in [0.2, 0.25) is 4.34 Å². The lowest BCUT2D eigenvalue weighted by atomic mass is 10.2. The van der Waals surface area contributed by atoms with E-state index in [-0.39, 0.29) is 10.8 Å². The van der Waals surface area contributed by atoms with Crippen LogP contribution in [0.3, 0.4) is 0 Å². The van der Waals surface area contributed by atoms with Crippen LogP contribution in [-0.2, 0) is 17.1 Å². The van der Waals surface area contributed by atoms with E-state index in [2.05, 4.69) is 4.72 Å². The summed E-state index contributed by atoms with van der Waals surface area (Å²) in [6.07, 6.45) is 1.43. The molecule has 2 aromatic rings. The van der Waals surface area contributed by atoms with Crippen LogP contribution in [0.15, 0.2) is 34.7 Å². The molecule has 8 heteroatoms. The van der Waals surface area contributed by atoms with Gasteiger partial charge in [0.2, 0.25) is 10.0 Å². The molecular weight excluding hydrogens is 320 g/mol. The van der Waals surface area contributed by atoms with Crippen molar-refractivity contribution in [2.75, 3.05) is 6.54 Å². The summed E-state index contributed by atoms with van der Waals surface area (Å²) in [6, 6.07) is 6.64. The minimum Gasteiger partial charge on any atom is -0.387 e. The number of halogens is 1. The van der Waals surface area contributed by atoms with Crippen LogP contribution in [0.5, 0.6) is 0 Å². The normalized spacial score (nSPS) is 13.6. The van der Waals surface area contributed by atoms with Crippen LogP contribution in [-0.4, -0.2) is 24.6 Å². The fourth-order valence-electron chi connectivity index (χ4n) is 1.81. The molecule has 0 aliphatic heterocycles. The zero-order chi connectivity index (χ0) is 14.8. The maximum atomic E-state index is 11.9. The second-order valence-corrected chi connectivity index (χ2v) is 8.01. The highest BCUT2D eigenvalue weighted by atomic mass is 35.5. The molecule has 20 heavy (non-hydrogen) atoms. The summed E-state index contributed by atoms with van der Waals surface area (Å²) in [4.78, 5) is 0. The monoisotopic (exact) mass is 334 g/mol. The van der Waals surface area contributed by atoms with Crippen molar-refractivity contribution < 1.29 is 13.5 Å². The Bertz CT molecular complexity index is 678. The van der Waals surface area contributed by atoms with E-state index in [0.29, 0.717) is 10.8 Å². The van der Waals surface area contributed by atoms with Crippen molar-refractivity contribution in [2.24, 2.45) is 7.05 Å². The van der Waals surface area contributed by atoms with Crippen molar-refractivity contribution in [3.63, 3.8) is 0 Å². The molecule has 0 aliphatic carbocycles. The van der Waals surface area contributed by atoms with Crippen LogP contribution in [0.4, 0.5) is 0 Å². The summed E-state index contributed by atoms with van der Waals surface area (Å²) < 4.78 is 28.7. The minimum atomic E-state index is -3.55. The van der Waals surface area contributed by atoms with Crippen molar-refractivity contribution >= 4 is 33.0 Å². The Hall–Kier alpha value is -0.860. The van der Waals surface area contributed by atoms with Crippen LogP contribution in [0.1, 0.15) is 18.2 Å². The van der Waals surface area contributed by atoms with E-state index in [0.717, 1.165) is 17.0 Å².